The van der Waals surface area contributed by atoms with Crippen molar-refractivity contribution >= 4 is 17.5 Å². The summed E-state index contributed by atoms with van der Waals surface area (Å²) in [6, 6.07) is 9.41. The van der Waals surface area contributed by atoms with Crippen LogP contribution in [0.4, 0.5) is 0 Å². The summed E-state index contributed by atoms with van der Waals surface area (Å²) in [7, 11) is 0. The Morgan fingerprint density at radius 2 is 2.05 bits per heavy atom. The zero-order chi connectivity index (χ0) is 14.5. The van der Waals surface area contributed by atoms with E-state index in [4.69, 9.17) is 11.6 Å². The van der Waals surface area contributed by atoms with Gasteiger partial charge in [-0.25, -0.2) is 0 Å². The van der Waals surface area contributed by atoms with Gasteiger partial charge in [-0.1, -0.05) is 29.8 Å². The first-order valence-corrected chi connectivity index (χ1v) is 6.90. The monoisotopic (exact) mass is 288 g/mol. The number of nitrogens with one attached hydrogen (secondary N) is 1. The number of rotatable bonds is 4. The molecule has 0 aliphatic carbocycles. The van der Waals surface area contributed by atoms with Gasteiger partial charge >= 0.3 is 0 Å². The third-order valence-corrected chi connectivity index (χ3v) is 3.42. The molecular formula is C16H17ClN2O. The Labute approximate surface area is 124 Å². The maximum atomic E-state index is 12.0. The highest BCUT2D eigenvalue weighted by atomic mass is 35.5. The third kappa shape index (κ3) is 3.58. The summed E-state index contributed by atoms with van der Waals surface area (Å²) in [6.45, 7) is 4.39. The summed E-state index contributed by atoms with van der Waals surface area (Å²) in [4.78, 5) is 16.3. The van der Waals surface area contributed by atoms with Gasteiger partial charge in [0.2, 0.25) is 0 Å². The maximum absolute atomic E-state index is 12.0. The summed E-state index contributed by atoms with van der Waals surface area (Å²) >= 11 is 6.11. The molecule has 0 saturated carbocycles. The van der Waals surface area contributed by atoms with Crippen LogP contribution in [-0.4, -0.2) is 17.4 Å². The standard InChI is InChI=1S/C16H17ClN2O/c1-11-9-14(17)15(19-10-11)7-8-18-16(20)13-6-4-3-5-12(13)2/h3-6,9-10H,7-8H2,1-2H3,(H,18,20). The van der Waals surface area contributed by atoms with Gasteiger partial charge in [-0.2, -0.15) is 0 Å². The van der Waals surface area contributed by atoms with E-state index in [-0.39, 0.29) is 5.91 Å². The minimum atomic E-state index is -0.0636. The van der Waals surface area contributed by atoms with Gasteiger partial charge in [0.15, 0.2) is 0 Å². The Bertz CT molecular complexity index is 626. The summed E-state index contributed by atoms with van der Waals surface area (Å²) in [5, 5.41) is 3.54. The van der Waals surface area contributed by atoms with Crippen LogP contribution in [0.5, 0.6) is 0 Å². The number of carbonyl (C=O) groups is 1. The zero-order valence-corrected chi connectivity index (χ0v) is 12.4. The van der Waals surface area contributed by atoms with E-state index in [1.165, 1.54) is 0 Å². The van der Waals surface area contributed by atoms with E-state index in [2.05, 4.69) is 10.3 Å². The van der Waals surface area contributed by atoms with Crippen LogP contribution in [0.25, 0.3) is 0 Å². The van der Waals surface area contributed by atoms with Crippen LogP contribution in [0.1, 0.15) is 27.2 Å². The first kappa shape index (κ1) is 14.5. The van der Waals surface area contributed by atoms with Gasteiger partial charge in [-0.3, -0.25) is 9.78 Å². The topological polar surface area (TPSA) is 42.0 Å². The fraction of sp³-hybridized carbons (Fsp3) is 0.250. The number of hydrogen-bond acceptors (Lipinski definition) is 2. The second kappa shape index (κ2) is 6.53. The molecule has 0 aliphatic rings. The van der Waals surface area contributed by atoms with Crippen LogP contribution in [0.2, 0.25) is 5.02 Å². The first-order chi connectivity index (χ1) is 9.58. The average Bonchev–Trinajstić information content (AvgIpc) is 2.41. The molecule has 1 aromatic carbocycles. The van der Waals surface area contributed by atoms with Crippen molar-refractivity contribution in [1.82, 2.24) is 10.3 Å². The number of benzene rings is 1. The Morgan fingerprint density at radius 1 is 1.30 bits per heavy atom. The van der Waals surface area contributed by atoms with Crippen LogP contribution in [-0.2, 0) is 6.42 Å². The summed E-state index contributed by atoms with van der Waals surface area (Å²) in [5.74, 6) is -0.0636. The van der Waals surface area contributed by atoms with Crippen molar-refractivity contribution in [3.05, 3.63) is 63.9 Å². The molecular weight excluding hydrogens is 272 g/mol. The number of carbonyl (C=O) groups excluding carboxylic acids is 1. The van der Waals surface area contributed by atoms with Gasteiger partial charge in [0.1, 0.15) is 0 Å². The van der Waals surface area contributed by atoms with Crippen molar-refractivity contribution in [2.75, 3.05) is 6.54 Å². The van der Waals surface area contributed by atoms with E-state index in [1.807, 2.05) is 44.2 Å². The molecule has 20 heavy (non-hydrogen) atoms. The maximum Gasteiger partial charge on any atom is 0.251 e. The normalized spacial score (nSPS) is 10.3. The molecule has 1 N–H and O–H groups in total. The second-order valence-electron chi connectivity index (χ2n) is 4.76. The molecule has 1 amide bonds. The summed E-state index contributed by atoms with van der Waals surface area (Å²) in [5.41, 5.74) is 3.51. The predicted octanol–water partition coefficient (Wildman–Crippen LogP) is 3.32. The Balaban J connectivity index is 1.93. The molecule has 0 bridgehead atoms. The highest BCUT2D eigenvalue weighted by Crippen LogP contribution is 2.15. The van der Waals surface area contributed by atoms with Gasteiger partial charge in [0.25, 0.3) is 5.91 Å². The number of nitrogens with zero attached hydrogens (tertiary/aromatic N) is 1. The van der Waals surface area contributed by atoms with Gasteiger partial charge in [0, 0.05) is 24.7 Å². The molecule has 1 aromatic heterocycles. The van der Waals surface area contributed by atoms with Crippen LogP contribution in [0.15, 0.2) is 36.5 Å². The quantitative estimate of drug-likeness (QED) is 0.938. The molecule has 0 aliphatic heterocycles. The fourth-order valence-corrected chi connectivity index (χ4v) is 2.28. The number of halogens is 1. The highest BCUT2D eigenvalue weighted by Gasteiger charge is 2.08. The fourth-order valence-electron chi connectivity index (χ4n) is 1.96. The van der Waals surface area contributed by atoms with E-state index >= 15 is 0 Å². The lowest BCUT2D eigenvalue weighted by Gasteiger charge is -2.08. The Morgan fingerprint density at radius 3 is 2.75 bits per heavy atom. The van der Waals surface area contributed by atoms with E-state index in [0.717, 1.165) is 16.8 Å². The second-order valence-corrected chi connectivity index (χ2v) is 5.17. The lowest BCUT2D eigenvalue weighted by atomic mass is 10.1. The van der Waals surface area contributed by atoms with Crippen molar-refractivity contribution in [3.8, 4) is 0 Å². The van der Waals surface area contributed by atoms with E-state index in [1.54, 1.807) is 6.20 Å². The minimum absolute atomic E-state index is 0.0636. The van der Waals surface area contributed by atoms with Gasteiger partial charge in [0.05, 0.1) is 10.7 Å². The van der Waals surface area contributed by atoms with E-state index < -0.39 is 0 Å². The lowest BCUT2D eigenvalue weighted by Crippen LogP contribution is -2.26. The number of amides is 1. The molecule has 0 radical (unpaired) electrons. The van der Waals surface area contributed by atoms with Gasteiger partial charge in [-0.15, -0.1) is 0 Å². The number of aryl methyl sites for hydroxylation is 2. The van der Waals surface area contributed by atoms with Crippen LogP contribution in [0.3, 0.4) is 0 Å². The van der Waals surface area contributed by atoms with Gasteiger partial charge < -0.3 is 5.32 Å². The molecule has 0 saturated heterocycles. The highest BCUT2D eigenvalue weighted by molar-refractivity contribution is 6.31. The molecule has 0 fully saturated rings. The Hall–Kier alpha value is -1.87. The van der Waals surface area contributed by atoms with Crippen LogP contribution >= 0.6 is 11.6 Å². The molecule has 4 heteroatoms. The molecule has 0 atom stereocenters. The molecule has 2 rings (SSSR count). The van der Waals surface area contributed by atoms with Crippen LogP contribution in [0, 0.1) is 13.8 Å². The molecule has 1 heterocycles. The smallest absolute Gasteiger partial charge is 0.251 e. The molecule has 104 valence electrons. The van der Waals surface area contributed by atoms with Crippen molar-refractivity contribution in [3.63, 3.8) is 0 Å². The van der Waals surface area contributed by atoms with E-state index in [9.17, 15) is 4.79 Å². The van der Waals surface area contributed by atoms with Crippen molar-refractivity contribution in [2.45, 2.75) is 20.3 Å². The number of hydrogen-bond donors (Lipinski definition) is 1. The molecule has 0 spiro atoms. The average molecular weight is 289 g/mol. The lowest BCUT2D eigenvalue weighted by molar-refractivity contribution is 0.0953. The van der Waals surface area contributed by atoms with Crippen LogP contribution < -0.4 is 5.32 Å². The van der Waals surface area contributed by atoms with Crippen molar-refractivity contribution in [2.24, 2.45) is 0 Å². The Kier molecular flexibility index (Phi) is 4.74. The number of pyridine rings is 1. The zero-order valence-electron chi connectivity index (χ0n) is 11.6. The first-order valence-electron chi connectivity index (χ1n) is 6.53. The summed E-state index contributed by atoms with van der Waals surface area (Å²) < 4.78 is 0. The van der Waals surface area contributed by atoms with Crippen molar-refractivity contribution in [1.29, 1.82) is 0 Å². The predicted molar refractivity (Wildman–Crippen MR) is 81.2 cm³/mol. The molecule has 0 unspecified atom stereocenters. The largest absolute Gasteiger partial charge is 0.352 e. The van der Waals surface area contributed by atoms with E-state index in [0.29, 0.717) is 23.6 Å². The third-order valence-electron chi connectivity index (χ3n) is 3.09. The molecule has 3 nitrogen and oxygen atoms in total. The van der Waals surface area contributed by atoms with Gasteiger partial charge in [-0.05, 0) is 37.1 Å². The SMILES string of the molecule is Cc1cnc(CCNC(=O)c2ccccc2C)c(Cl)c1. The van der Waals surface area contributed by atoms with Crippen molar-refractivity contribution < 1.29 is 4.79 Å². The number of aromatic nitrogens is 1. The summed E-state index contributed by atoms with van der Waals surface area (Å²) in [6.07, 6.45) is 2.40. The minimum Gasteiger partial charge on any atom is -0.352 e. The molecule has 2 aromatic rings.